The molecule has 0 bridgehead atoms. The van der Waals surface area contributed by atoms with Gasteiger partial charge in [0.25, 0.3) is 0 Å². The van der Waals surface area contributed by atoms with E-state index < -0.39 is 41.6 Å². The number of ether oxygens (including phenoxy) is 3. The maximum absolute atomic E-state index is 13.8. The molecule has 1 aromatic carbocycles. The number of amides is 3. The minimum Gasteiger partial charge on any atom is -0.386 e. The molecule has 242 valence electrons. The number of allylic oxidation sites excluding steroid dienone is 1. The molecule has 0 spiro atoms. The predicted octanol–water partition coefficient (Wildman–Crippen LogP) is 0.574. The molecule has 4 N–H and O–H groups in total. The molecular weight excluding hydrogens is 568 g/mol. The first kappa shape index (κ1) is 33.7. The number of methoxy groups -OCH3 is 1. The number of carbonyl (C=O) groups excluding carboxylic acids is 4. The summed E-state index contributed by atoms with van der Waals surface area (Å²) in [5, 5.41) is 19.6. The van der Waals surface area contributed by atoms with E-state index in [0.717, 1.165) is 30.4 Å². The predicted molar refractivity (Wildman–Crippen MR) is 162 cm³/mol. The van der Waals surface area contributed by atoms with Crippen LogP contribution in [0.1, 0.15) is 56.8 Å². The van der Waals surface area contributed by atoms with Gasteiger partial charge in [0.2, 0.25) is 17.7 Å². The third-order valence-electron chi connectivity index (χ3n) is 8.39. The number of ketones is 1. The summed E-state index contributed by atoms with van der Waals surface area (Å²) in [6.45, 7) is 6.45. The van der Waals surface area contributed by atoms with Gasteiger partial charge < -0.3 is 35.3 Å². The molecule has 2 heterocycles. The molecule has 44 heavy (non-hydrogen) atoms. The summed E-state index contributed by atoms with van der Waals surface area (Å²) in [6.07, 6.45) is 4.43. The summed E-state index contributed by atoms with van der Waals surface area (Å²) in [7, 11) is 1.62. The molecule has 2 fully saturated rings. The number of Topliss-reactive ketones (excluding diaryl/α,β-unsaturated/α-hetero) is 1. The molecular formula is C32H46N4O8. The number of rotatable bonds is 16. The second kappa shape index (κ2) is 15.7. The quantitative estimate of drug-likeness (QED) is 0.154. The second-order valence-corrected chi connectivity index (χ2v) is 12.0. The molecule has 5 atom stereocenters. The van der Waals surface area contributed by atoms with Gasteiger partial charge in [-0.25, -0.2) is 0 Å². The van der Waals surface area contributed by atoms with Gasteiger partial charge in [0.05, 0.1) is 39.0 Å². The van der Waals surface area contributed by atoms with Gasteiger partial charge in [-0.3, -0.25) is 24.1 Å². The lowest BCUT2D eigenvalue weighted by molar-refractivity contribution is -0.136. The number of epoxide rings is 1. The van der Waals surface area contributed by atoms with E-state index in [1.54, 1.807) is 26.2 Å². The summed E-state index contributed by atoms with van der Waals surface area (Å²) in [5.41, 5.74) is 1.51. The van der Waals surface area contributed by atoms with Crippen LogP contribution in [0.5, 0.6) is 0 Å². The normalized spacial score (nSPS) is 22.7. The average Bonchev–Trinajstić information content (AvgIpc) is 3.56. The Hall–Kier alpha value is -3.16. The van der Waals surface area contributed by atoms with Crippen molar-refractivity contribution >= 4 is 23.5 Å². The van der Waals surface area contributed by atoms with E-state index in [0.29, 0.717) is 51.3 Å². The van der Waals surface area contributed by atoms with Gasteiger partial charge in [0, 0.05) is 20.2 Å². The molecule has 3 aliphatic rings. The minimum atomic E-state index is -1.44. The van der Waals surface area contributed by atoms with Gasteiger partial charge in [-0.05, 0) is 57.1 Å². The highest BCUT2D eigenvalue weighted by Gasteiger charge is 2.50. The number of nitrogens with zero attached hydrogens (tertiary/aromatic N) is 1. The van der Waals surface area contributed by atoms with Gasteiger partial charge in [0.15, 0.2) is 5.78 Å². The lowest BCUT2D eigenvalue weighted by Crippen LogP contribution is -2.58. The fraction of sp³-hybridized carbons (Fsp3) is 0.625. The Labute approximate surface area is 258 Å². The number of hydrogen-bond donors (Lipinski definition) is 4. The van der Waals surface area contributed by atoms with Crippen LogP contribution in [0.3, 0.4) is 0 Å². The van der Waals surface area contributed by atoms with E-state index in [9.17, 15) is 24.3 Å². The first-order chi connectivity index (χ1) is 21.1. The maximum Gasteiger partial charge on any atom is 0.246 e. The topological polar surface area (TPSA) is 159 Å². The third kappa shape index (κ3) is 9.42. The second-order valence-electron chi connectivity index (χ2n) is 12.0. The molecule has 12 heteroatoms. The Morgan fingerprint density at radius 3 is 2.39 bits per heavy atom. The molecule has 0 unspecified atom stereocenters. The van der Waals surface area contributed by atoms with Crippen LogP contribution in [0.2, 0.25) is 0 Å². The van der Waals surface area contributed by atoms with Crippen LogP contribution in [0.4, 0.5) is 0 Å². The first-order valence-electron chi connectivity index (χ1n) is 15.4. The molecule has 0 aromatic heterocycles. The maximum atomic E-state index is 13.8. The number of hydrogen-bond acceptors (Lipinski definition) is 9. The third-order valence-corrected chi connectivity index (χ3v) is 8.39. The molecule has 12 nitrogen and oxygen atoms in total. The zero-order valence-corrected chi connectivity index (χ0v) is 25.9. The number of aliphatic hydroxyl groups excluding tert-OH is 1. The summed E-state index contributed by atoms with van der Waals surface area (Å²) in [4.78, 5) is 55.0. The highest BCUT2D eigenvalue weighted by Crippen LogP contribution is 2.31. The molecule has 1 aromatic rings. The van der Waals surface area contributed by atoms with Crippen molar-refractivity contribution < 1.29 is 38.5 Å². The monoisotopic (exact) mass is 614 g/mol. The molecule has 2 aliphatic heterocycles. The van der Waals surface area contributed by atoms with Gasteiger partial charge in [0.1, 0.15) is 23.8 Å². The SMILES string of the molecule is COCCc1ccc([C@@H](O)[C@H](NC(=O)[C@H](C)NC(=O)CN2CCOCC2)C(=O)N[C@@H](CC2=CCCC2)C(=O)[C@@]2(C)CO2)cc1. The van der Waals surface area contributed by atoms with E-state index in [4.69, 9.17) is 14.2 Å². The van der Waals surface area contributed by atoms with Crippen molar-refractivity contribution in [2.24, 2.45) is 0 Å². The van der Waals surface area contributed by atoms with Crippen molar-refractivity contribution in [3.8, 4) is 0 Å². The lowest BCUT2D eigenvalue weighted by atomic mass is 9.93. The minimum absolute atomic E-state index is 0.115. The summed E-state index contributed by atoms with van der Waals surface area (Å²) in [6, 6.07) is 3.74. The van der Waals surface area contributed by atoms with Crippen LogP contribution in [-0.2, 0) is 39.8 Å². The largest absolute Gasteiger partial charge is 0.386 e. The van der Waals surface area contributed by atoms with Crippen LogP contribution >= 0.6 is 0 Å². The van der Waals surface area contributed by atoms with E-state index in [2.05, 4.69) is 22.0 Å². The van der Waals surface area contributed by atoms with Crippen molar-refractivity contribution in [2.45, 2.75) is 75.8 Å². The van der Waals surface area contributed by atoms with Crippen LogP contribution in [0, 0.1) is 0 Å². The Kier molecular flexibility index (Phi) is 12.0. The Morgan fingerprint density at radius 1 is 1.07 bits per heavy atom. The van der Waals surface area contributed by atoms with Crippen LogP contribution in [0.15, 0.2) is 35.9 Å². The standard InChI is InChI=1S/C32H46N4O8/c1-21(33-26(37)19-36-13-16-43-17-14-36)30(40)35-27(28(38)24-10-8-22(9-11-24)12-15-42-3)31(41)34-25(18-23-6-4-5-7-23)29(39)32(2)20-44-32/h6,8-11,21,25,27-28,38H,4-5,7,12-20H2,1-3H3,(H,33,37)(H,34,41)(H,35,40)/t21-,25-,27-,28+,32+/m0/s1. The number of nitrogens with one attached hydrogen (secondary N) is 3. The van der Waals surface area contributed by atoms with E-state index in [1.165, 1.54) is 6.92 Å². The molecule has 3 amide bonds. The first-order valence-corrected chi connectivity index (χ1v) is 15.4. The van der Waals surface area contributed by atoms with Crippen molar-refractivity contribution in [3.05, 3.63) is 47.0 Å². The van der Waals surface area contributed by atoms with Crippen molar-refractivity contribution in [3.63, 3.8) is 0 Å². The van der Waals surface area contributed by atoms with Gasteiger partial charge in [-0.2, -0.15) is 0 Å². The Bertz CT molecular complexity index is 1190. The van der Waals surface area contributed by atoms with Crippen LogP contribution in [-0.4, -0.2) is 110 Å². The highest BCUT2D eigenvalue weighted by molar-refractivity contribution is 5.98. The highest BCUT2D eigenvalue weighted by atomic mass is 16.6. The number of aliphatic hydroxyl groups is 1. The smallest absolute Gasteiger partial charge is 0.246 e. The molecule has 0 saturated carbocycles. The number of carbonyl (C=O) groups is 4. The molecule has 2 saturated heterocycles. The van der Waals surface area contributed by atoms with E-state index >= 15 is 0 Å². The van der Waals surface area contributed by atoms with Gasteiger partial charge >= 0.3 is 0 Å². The fourth-order valence-electron chi connectivity index (χ4n) is 5.45. The zero-order valence-electron chi connectivity index (χ0n) is 25.9. The summed E-state index contributed by atoms with van der Waals surface area (Å²) >= 11 is 0. The Balaban J connectivity index is 1.49. The van der Waals surface area contributed by atoms with Crippen molar-refractivity contribution in [1.29, 1.82) is 0 Å². The van der Waals surface area contributed by atoms with Crippen molar-refractivity contribution in [2.75, 3.05) is 53.2 Å². The lowest BCUT2D eigenvalue weighted by Gasteiger charge is -2.29. The van der Waals surface area contributed by atoms with Crippen molar-refractivity contribution in [1.82, 2.24) is 20.9 Å². The number of benzene rings is 1. The Morgan fingerprint density at radius 2 is 1.77 bits per heavy atom. The zero-order chi connectivity index (χ0) is 31.7. The molecule has 0 radical (unpaired) electrons. The summed E-state index contributed by atoms with van der Waals surface area (Å²) in [5.74, 6) is -1.93. The molecule has 4 rings (SSSR count). The van der Waals surface area contributed by atoms with Crippen LogP contribution < -0.4 is 16.0 Å². The van der Waals surface area contributed by atoms with E-state index in [-0.39, 0.29) is 24.8 Å². The average molecular weight is 615 g/mol. The van der Waals surface area contributed by atoms with E-state index in [1.807, 2.05) is 17.0 Å². The van der Waals surface area contributed by atoms with Gasteiger partial charge in [-0.1, -0.05) is 35.9 Å². The fourth-order valence-corrected chi connectivity index (χ4v) is 5.45. The van der Waals surface area contributed by atoms with Crippen LogP contribution in [0.25, 0.3) is 0 Å². The van der Waals surface area contributed by atoms with Gasteiger partial charge in [-0.15, -0.1) is 0 Å². The molecule has 1 aliphatic carbocycles. The number of morpholine rings is 1. The summed E-state index contributed by atoms with van der Waals surface area (Å²) < 4.78 is 15.8.